The van der Waals surface area contributed by atoms with E-state index in [0.29, 0.717) is 13.0 Å². The van der Waals surface area contributed by atoms with Crippen LogP contribution in [-0.4, -0.2) is 38.6 Å². The Labute approximate surface area is 85.6 Å². The molecule has 6 N–H and O–H groups in total. The van der Waals surface area contributed by atoms with Crippen molar-refractivity contribution in [1.29, 1.82) is 0 Å². The van der Waals surface area contributed by atoms with E-state index in [1.807, 2.05) is 0 Å². The van der Waals surface area contributed by atoms with Gasteiger partial charge < -0.3 is 22.1 Å². The predicted molar refractivity (Wildman–Crippen MR) is 57.8 cm³/mol. The molecule has 0 fully saturated rings. The topological polar surface area (TPSA) is 93.2 Å². The molecule has 0 aromatic rings. The molecule has 0 spiro atoms. The molecule has 0 aliphatic carbocycles. The molecule has 0 aliphatic heterocycles. The molecule has 1 amide bonds. The molecule has 14 heavy (non-hydrogen) atoms. The van der Waals surface area contributed by atoms with E-state index in [1.54, 1.807) is 0 Å². The van der Waals surface area contributed by atoms with Gasteiger partial charge in [-0.25, -0.2) is 0 Å². The number of nitrogens with one attached hydrogen (secondary N) is 2. The molecule has 0 atom stereocenters. The average molecular weight is 202 g/mol. The molecule has 0 aromatic heterocycles. The fraction of sp³-hybridized carbons (Fsp3) is 0.889. The van der Waals surface area contributed by atoms with Crippen molar-refractivity contribution in [3.63, 3.8) is 0 Å². The van der Waals surface area contributed by atoms with Gasteiger partial charge in [0.1, 0.15) is 0 Å². The van der Waals surface area contributed by atoms with Crippen molar-refractivity contribution in [2.24, 2.45) is 11.5 Å². The number of hydrogen-bond acceptors (Lipinski definition) is 4. The number of primary amides is 1. The summed E-state index contributed by atoms with van der Waals surface area (Å²) in [6, 6.07) is 0. The van der Waals surface area contributed by atoms with Crippen molar-refractivity contribution in [3.8, 4) is 0 Å². The van der Waals surface area contributed by atoms with Crippen LogP contribution < -0.4 is 22.1 Å². The van der Waals surface area contributed by atoms with Gasteiger partial charge in [0.05, 0.1) is 0 Å². The van der Waals surface area contributed by atoms with Crippen LogP contribution in [0.2, 0.25) is 0 Å². The summed E-state index contributed by atoms with van der Waals surface area (Å²) in [5.74, 6) is -0.251. The zero-order chi connectivity index (χ0) is 10.6. The molecule has 0 saturated heterocycles. The van der Waals surface area contributed by atoms with Gasteiger partial charge in [0, 0.05) is 13.0 Å². The molecule has 0 aliphatic rings. The fourth-order valence-corrected chi connectivity index (χ4v) is 1.03. The fourth-order valence-electron chi connectivity index (χ4n) is 1.03. The largest absolute Gasteiger partial charge is 0.370 e. The summed E-state index contributed by atoms with van der Waals surface area (Å²) in [5.41, 5.74) is 10.3. The Morgan fingerprint density at radius 2 is 1.57 bits per heavy atom. The van der Waals surface area contributed by atoms with Crippen molar-refractivity contribution < 1.29 is 4.79 Å². The molecule has 0 heterocycles. The highest BCUT2D eigenvalue weighted by Gasteiger charge is 1.92. The maximum absolute atomic E-state index is 10.4. The summed E-state index contributed by atoms with van der Waals surface area (Å²) in [5, 5.41) is 6.42. The minimum absolute atomic E-state index is 0.251. The molecule has 0 unspecified atom stereocenters. The van der Waals surface area contributed by atoms with E-state index in [0.717, 1.165) is 39.0 Å². The quantitative estimate of drug-likeness (QED) is 0.334. The van der Waals surface area contributed by atoms with Crippen LogP contribution in [0.4, 0.5) is 0 Å². The van der Waals surface area contributed by atoms with Crippen molar-refractivity contribution in [2.45, 2.75) is 19.3 Å². The Morgan fingerprint density at radius 1 is 1.00 bits per heavy atom. The molecular formula is C9H22N4O. The predicted octanol–water partition coefficient (Wildman–Crippen LogP) is -1.22. The van der Waals surface area contributed by atoms with Crippen molar-refractivity contribution in [1.82, 2.24) is 10.6 Å². The number of nitrogens with two attached hydrogens (primary N) is 2. The van der Waals surface area contributed by atoms with E-state index in [2.05, 4.69) is 10.6 Å². The van der Waals surface area contributed by atoms with Crippen LogP contribution in [0.3, 0.4) is 0 Å². The Kier molecular flexibility index (Phi) is 9.95. The van der Waals surface area contributed by atoms with Crippen LogP contribution in [0, 0.1) is 0 Å². The van der Waals surface area contributed by atoms with Crippen LogP contribution in [0.5, 0.6) is 0 Å². The Morgan fingerprint density at radius 3 is 2.14 bits per heavy atom. The van der Waals surface area contributed by atoms with Gasteiger partial charge in [-0.2, -0.15) is 0 Å². The van der Waals surface area contributed by atoms with E-state index in [1.165, 1.54) is 0 Å². The average Bonchev–Trinajstić information content (AvgIpc) is 2.15. The van der Waals surface area contributed by atoms with Gasteiger partial charge in [-0.05, 0) is 39.0 Å². The second-order valence-electron chi connectivity index (χ2n) is 3.21. The zero-order valence-electron chi connectivity index (χ0n) is 8.72. The smallest absolute Gasteiger partial charge is 0.218 e. The van der Waals surface area contributed by atoms with Gasteiger partial charge in [0.15, 0.2) is 0 Å². The first kappa shape index (κ1) is 13.4. The normalized spacial score (nSPS) is 10.4. The van der Waals surface area contributed by atoms with Gasteiger partial charge in [0.25, 0.3) is 0 Å². The van der Waals surface area contributed by atoms with Gasteiger partial charge in [0.2, 0.25) is 5.91 Å². The number of rotatable bonds is 10. The lowest BCUT2D eigenvalue weighted by atomic mass is 10.3. The Bertz CT molecular complexity index is 141. The van der Waals surface area contributed by atoms with E-state index < -0.39 is 0 Å². The number of amides is 1. The lowest BCUT2D eigenvalue weighted by molar-refractivity contribution is -0.117. The van der Waals surface area contributed by atoms with E-state index in [9.17, 15) is 4.79 Å². The minimum atomic E-state index is -0.251. The summed E-state index contributed by atoms with van der Waals surface area (Å²) in [4.78, 5) is 10.4. The van der Waals surface area contributed by atoms with Gasteiger partial charge in [-0.1, -0.05) is 0 Å². The highest BCUT2D eigenvalue weighted by atomic mass is 16.1. The van der Waals surface area contributed by atoms with E-state index >= 15 is 0 Å². The highest BCUT2D eigenvalue weighted by Crippen LogP contribution is 1.77. The third-order valence-corrected chi connectivity index (χ3v) is 1.81. The third kappa shape index (κ3) is 11.4. The monoisotopic (exact) mass is 202 g/mol. The summed E-state index contributed by atoms with van der Waals surface area (Å²) in [6.07, 6.45) is 2.50. The Balaban J connectivity index is 2.88. The second kappa shape index (κ2) is 10.4. The minimum Gasteiger partial charge on any atom is -0.370 e. The molecule has 0 rings (SSSR count). The lowest BCUT2D eigenvalue weighted by Crippen LogP contribution is -2.26. The molecule has 5 heteroatoms. The molecule has 0 saturated carbocycles. The number of hydrogen-bond donors (Lipinski definition) is 4. The van der Waals surface area contributed by atoms with Crippen LogP contribution in [0.1, 0.15) is 19.3 Å². The highest BCUT2D eigenvalue weighted by molar-refractivity contribution is 5.73. The van der Waals surface area contributed by atoms with Crippen LogP contribution >= 0.6 is 0 Å². The third-order valence-electron chi connectivity index (χ3n) is 1.81. The molecule has 0 bridgehead atoms. The van der Waals surface area contributed by atoms with E-state index in [4.69, 9.17) is 11.5 Å². The molecule has 0 radical (unpaired) electrons. The van der Waals surface area contributed by atoms with Crippen LogP contribution in [-0.2, 0) is 4.79 Å². The van der Waals surface area contributed by atoms with E-state index in [-0.39, 0.29) is 5.91 Å². The molecule has 84 valence electrons. The standard InChI is InChI=1S/C9H22N4O/c10-4-1-5-12-6-2-7-13-8-3-9(11)14/h12-13H,1-8,10H2,(H2,11,14). The maximum Gasteiger partial charge on any atom is 0.218 e. The van der Waals surface area contributed by atoms with Crippen LogP contribution in [0.15, 0.2) is 0 Å². The second-order valence-corrected chi connectivity index (χ2v) is 3.21. The Hall–Kier alpha value is -0.650. The summed E-state index contributed by atoms with van der Waals surface area (Å²) >= 11 is 0. The first-order valence-electron chi connectivity index (χ1n) is 5.17. The molecular weight excluding hydrogens is 180 g/mol. The summed E-state index contributed by atoms with van der Waals surface area (Å²) in [6.45, 7) is 4.31. The first-order chi connectivity index (χ1) is 6.77. The van der Waals surface area contributed by atoms with Crippen molar-refractivity contribution >= 4 is 5.91 Å². The summed E-state index contributed by atoms with van der Waals surface area (Å²) in [7, 11) is 0. The lowest BCUT2D eigenvalue weighted by Gasteiger charge is -2.04. The first-order valence-corrected chi connectivity index (χ1v) is 5.17. The molecule has 5 nitrogen and oxygen atoms in total. The summed E-state index contributed by atoms with van der Waals surface area (Å²) < 4.78 is 0. The maximum atomic E-state index is 10.4. The van der Waals surface area contributed by atoms with Crippen molar-refractivity contribution in [2.75, 3.05) is 32.7 Å². The van der Waals surface area contributed by atoms with Gasteiger partial charge in [-0.15, -0.1) is 0 Å². The SMILES string of the molecule is NCCCNCCCNCCC(N)=O. The number of carbonyl (C=O) groups is 1. The molecule has 0 aromatic carbocycles. The van der Waals surface area contributed by atoms with Crippen LogP contribution in [0.25, 0.3) is 0 Å². The number of carbonyl (C=O) groups excluding carboxylic acids is 1. The van der Waals surface area contributed by atoms with Gasteiger partial charge in [-0.3, -0.25) is 4.79 Å². The zero-order valence-corrected chi connectivity index (χ0v) is 8.72. The van der Waals surface area contributed by atoms with Gasteiger partial charge >= 0.3 is 0 Å². The van der Waals surface area contributed by atoms with Crippen molar-refractivity contribution in [3.05, 3.63) is 0 Å².